The Morgan fingerprint density at radius 3 is 3.00 bits per heavy atom. The maximum absolute atomic E-state index is 4.53. The first kappa shape index (κ1) is 9.39. The van der Waals surface area contributed by atoms with Crippen molar-refractivity contribution in [3.05, 3.63) is 30.1 Å². The van der Waals surface area contributed by atoms with Gasteiger partial charge in [0.05, 0.1) is 11.4 Å². The Morgan fingerprint density at radius 1 is 1.38 bits per heavy atom. The smallest absolute Gasteiger partial charge is 0.126 e. The normalized spacial score (nSPS) is 15.1. The molecule has 2 heterocycles. The third-order valence-electron chi connectivity index (χ3n) is 2.92. The van der Waals surface area contributed by atoms with Gasteiger partial charge in [0, 0.05) is 24.7 Å². The standard InChI is InChI=1S/C12H14N4/c1-13-11-4-2-3-10(15-11)9-7-14-16-12(9)8-5-6-8/h2-4,7-8H,5-6H2,1H3,(H,13,15)(H,14,16). The van der Waals surface area contributed by atoms with Crippen molar-refractivity contribution < 1.29 is 0 Å². The molecule has 0 spiro atoms. The second-order valence-electron chi connectivity index (χ2n) is 4.12. The van der Waals surface area contributed by atoms with E-state index in [1.165, 1.54) is 18.5 Å². The van der Waals surface area contributed by atoms with E-state index < -0.39 is 0 Å². The number of rotatable bonds is 3. The number of hydrogen-bond donors (Lipinski definition) is 2. The number of pyridine rings is 1. The van der Waals surface area contributed by atoms with E-state index in [2.05, 4.69) is 20.5 Å². The summed E-state index contributed by atoms with van der Waals surface area (Å²) < 4.78 is 0. The van der Waals surface area contributed by atoms with Gasteiger partial charge in [-0.3, -0.25) is 5.10 Å². The molecule has 0 radical (unpaired) electrons. The Balaban J connectivity index is 2.03. The molecule has 2 aromatic heterocycles. The lowest BCUT2D eigenvalue weighted by Gasteiger charge is -2.03. The van der Waals surface area contributed by atoms with Crippen LogP contribution in [-0.2, 0) is 0 Å². The monoisotopic (exact) mass is 214 g/mol. The predicted octanol–water partition coefficient (Wildman–Crippen LogP) is 2.39. The Kier molecular flexibility index (Phi) is 2.13. The quantitative estimate of drug-likeness (QED) is 0.824. The summed E-state index contributed by atoms with van der Waals surface area (Å²) in [6.45, 7) is 0. The van der Waals surface area contributed by atoms with E-state index in [9.17, 15) is 0 Å². The van der Waals surface area contributed by atoms with Gasteiger partial charge in [0.15, 0.2) is 0 Å². The summed E-state index contributed by atoms with van der Waals surface area (Å²) in [5, 5.41) is 10.3. The number of H-pyrrole nitrogens is 1. The molecule has 16 heavy (non-hydrogen) atoms. The van der Waals surface area contributed by atoms with Crippen molar-refractivity contribution in [1.29, 1.82) is 0 Å². The fraction of sp³-hybridized carbons (Fsp3) is 0.333. The van der Waals surface area contributed by atoms with Gasteiger partial charge in [0.2, 0.25) is 0 Å². The van der Waals surface area contributed by atoms with Crippen LogP contribution in [0.5, 0.6) is 0 Å². The summed E-state index contributed by atoms with van der Waals surface area (Å²) in [6, 6.07) is 6.00. The van der Waals surface area contributed by atoms with E-state index >= 15 is 0 Å². The number of nitrogens with zero attached hydrogens (tertiary/aromatic N) is 2. The Labute approximate surface area is 94.1 Å². The summed E-state index contributed by atoms with van der Waals surface area (Å²) in [7, 11) is 1.88. The molecule has 2 aromatic rings. The predicted molar refractivity (Wildman–Crippen MR) is 63.3 cm³/mol. The van der Waals surface area contributed by atoms with Crippen LogP contribution >= 0.6 is 0 Å². The molecule has 2 N–H and O–H groups in total. The van der Waals surface area contributed by atoms with Gasteiger partial charge >= 0.3 is 0 Å². The highest BCUT2D eigenvalue weighted by Gasteiger charge is 2.29. The van der Waals surface area contributed by atoms with E-state index in [-0.39, 0.29) is 0 Å². The lowest BCUT2D eigenvalue weighted by molar-refractivity contribution is 0.965. The molecular formula is C12H14N4. The summed E-state index contributed by atoms with van der Waals surface area (Å²) in [5.74, 6) is 1.53. The molecule has 0 amide bonds. The van der Waals surface area contributed by atoms with Gasteiger partial charge in [-0.05, 0) is 25.0 Å². The highest BCUT2D eigenvalue weighted by Crippen LogP contribution is 2.42. The second kappa shape index (κ2) is 3.63. The molecular weight excluding hydrogens is 200 g/mol. The topological polar surface area (TPSA) is 53.6 Å². The Hall–Kier alpha value is -1.84. The molecule has 4 nitrogen and oxygen atoms in total. The number of nitrogens with one attached hydrogen (secondary N) is 2. The molecule has 0 saturated heterocycles. The number of aromatic amines is 1. The van der Waals surface area contributed by atoms with Crippen molar-refractivity contribution in [2.24, 2.45) is 0 Å². The Bertz CT molecular complexity index is 499. The van der Waals surface area contributed by atoms with Crippen LogP contribution in [0.25, 0.3) is 11.3 Å². The van der Waals surface area contributed by atoms with Crippen LogP contribution in [-0.4, -0.2) is 22.2 Å². The largest absolute Gasteiger partial charge is 0.373 e. The molecule has 0 aromatic carbocycles. The van der Waals surface area contributed by atoms with Crippen molar-refractivity contribution in [2.45, 2.75) is 18.8 Å². The van der Waals surface area contributed by atoms with Crippen LogP contribution < -0.4 is 5.32 Å². The van der Waals surface area contributed by atoms with Gasteiger partial charge in [-0.15, -0.1) is 0 Å². The van der Waals surface area contributed by atoms with E-state index in [0.29, 0.717) is 5.92 Å². The minimum absolute atomic E-state index is 0.640. The van der Waals surface area contributed by atoms with Crippen molar-refractivity contribution >= 4 is 5.82 Å². The summed E-state index contributed by atoms with van der Waals surface area (Å²) in [6.07, 6.45) is 4.45. The third kappa shape index (κ3) is 1.56. The van der Waals surface area contributed by atoms with Crippen molar-refractivity contribution in [3.63, 3.8) is 0 Å². The number of aromatic nitrogens is 3. The fourth-order valence-corrected chi connectivity index (χ4v) is 1.90. The highest BCUT2D eigenvalue weighted by molar-refractivity contribution is 5.64. The van der Waals surface area contributed by atoms with E-state index in [1.807, 2.05) is 31.4 Å². The average molecular weight is 214 g/mol. The first-order valence-corrected chi connectivity index (χ1v) is 5.57. The molecule has 1 aliphatic rings. The van der Waals surface area contributed by atoms with Gasteiger partial charge in [0.1, 0.15) is 5.82 Å². The maximum Gasteiger partial charge on any atom is 0.126 e. The molecule has 1 saturated carbocycles. The van der Waals surface area contributed by atoms with Gasteiger partial charge in [-0.25, -0.2) is 4.98 Å². The number of hydrogen-bond acceptors (Lipinski definition) is 3. The molecule has 1 aliphatic carbocycles. The van der Waals surface area contributed by atoms with Crippen LogP contribution in [0.3, 0.4) is 0 Å². The van der Waals surface area contributed by atoms with Crippen molar-refractivity contribution in [1.82, 2.24) is 15.2 Å². The van der Waals surface area contributed by atoms with E-state index in [4.69, 9.17) is 0 Å². The minimum Gasteiger partial charge on any atom is -0.373 e. The van der Waals surface area contributed by atoms with Crippen LogP contribution in [0.15, 0.2) is 24.4 Å². The summed E-state index contributed by atoms with van der Waals surface area (Å²) in [4.78, 5) is 4.53. The first-order chi connectivity index (χ1) is 7.88. The summed E-state index contributed by atoms with van der Waals surface area (Å²) in [5.41, 5.74) is 3.29. The zero-order chi connectivity index (χ0) is 11.0. The SMILES string of the molecule is CNc1cccc(-c2c[nH]nc2C2CC2)n1. The number of anilines is 1. The van der Waals surface area contributed by atoms with Crippen LogP contribution in [0, 0.1) is 0 Å². The van der Waals surface area contributed by atoms with E-state index in [1.54, 1.807) is 0 Å². The van der Waals surface area contributed by atoms with Gasteiger partial charge in [0.25, 0.3) is 0 Å². The highest BCUT2D eigenvalue weighted by atomic mass is 15.1. The lowest BCUT2D eigenvalue weighted by Crippen LogP contribution is -1.94. The lowest BCUT2D eigenvalue weighted by atomic mass is 10.1. The van der Waals surface area contributed by atoms with E-state index in [0.717, 1.165) is 17.1 Å². The summed E-state index contributed by atoms with van der Waals surface area (Å²) >= 11 is 0. The van der Waals surface area contributed by atoms with Crippen LogP contribution in [0.2, 0.25) is 0 Å². The third-order valence-corrected chi connectivity index (χ3v) is 2.92. The molecule has 0 unspecified atom stereocenters. The Morgan fingerprint density at radius 2 is 2.25 bits per heavy atom. The van der Waals surface area contributed by atoms with Gasteiger partial charge < -0.3 is 5.32 Å². The second-order valence-corrected chi connectivity index (χ2v) is 4.12. The molecule has 82 valence electrons. The first-order valence-electron chi connectivity index (χ1n) is 5.57. The molecule has 1 fully saturated rings. The van der Waals surface area contributed by atoms with Crippen LogP contribution in [0.1, 0.15) is 24.5 Å². The zero-order valence-electron chi connectivity index (χ0n) is 9.20. The van der Waals surface area contributed by atoms with Crippen molar-refractivity contribution in [3.8, 4) is 11.3 Å². The maximum atomic E-state index is 4.53. The van der Waals surface area contributed by atoms with Gasteiger partial charge in [-0.2, -0.15) is 5.10 Å². The molecule has 3 rings (SSSR count). The van der Waals surface area contributed by atoms with Crippen molar-refractivity contribution in [2.75, 3.05) is 12.4 Å². The molecule has 4 heteroatoms. The zero-order valence-corrected chi connectivity index (χ0v) is 9.20. The van der Waals surface area contributed by atoms with Gasteiger partial charge in [-0.1, -0.05) is 6.07 Å². The average Bonchev–Trinajstić information content (AvgIpc) is 3.07. The minimum atomic E-state index is 0.640. The fourth-order valence-electron chi connectivity index (χ4n) is 1.90. The molecule has 0 aliphatic heterocycles. The van der Waals surface area contributed by atoms with Crippen LogP contribution in [0.4, 0.5) is 5.82 Å². The molecule has 0 atom stereocenters. The molecule has 0 bridgehead atoms.